The predicted octanol–water partition coefficient (Wildman–Crippen LogP) is 2.85. The number of carbonyl (C=O) groups is 1. The van der Waals surface area contributed by atoms with Gasteiger partial charge in [0, 0.05) is 6.08 Å². The van der Waals surface area contributed by atoms with Gasteiger partial charge < -0.3 is 4.74 Å². The van der Waals surface area contributed by atoms with Gasteiger partial charge in [-0.05, 0) is 33.1 Å². The summed E-state index contributed by atoms with van der Waals surface area (Å²) in [5, 5.41) is 0. The van der Waals surface area contributed by atoms with E-state index < -0.39 is 0 Å². The van der Waals surface area contributed by atoms with Gasteiger partial charge >= 0.3 is 5.97 Å². The quantitative estimate of drug-likeness (QED) is 0.283. The molecule has 0 fully saturated rings. The fourth-order valence-electron chi connectivity index (χ4n) is 0.874. The van der Waals surface area contributed by atoms with Crippen molar-refractivity contribution >= 4 is 5.97 Å². The van der Waals surface area contributed by atoms with E-state index in [1.807, 2.05) is 6.08 Å². The Balaban J connectivity index is 3.41. The molecule has 0 aromatic heterocycles. The molecule has 0 aliphatic carbocycles. The maximum atomic E-state index is 10.6. The number of rotatable bonds is 5. The van der Waals surface area contributed by atoms with Crippen LogP contribution in [0.15, 0.2) is 23.8 Å². The Morgan fingerprint density at radius 1 is 1.31 bits per heavy atom. The number of allylic oxidation sites excluding steroid dienone is 3. The maximum Gasteiger partial charge on any atom is 0.330 e. The molecule has 0 aromatic carbocycles. The van der Waals surface area contributed by atoms with E-state index in [1.165, 1.54) is 18.8 Å². The fraction of sp³-hybridized carbons (Fsp3) is 0.545. The van der Waals surface area contributed by atoms with E-state index in [2.05, 4.69) is 24.7 Å². The zero-order chi connectivity index (χ0) is 10.1. The Labute approximate surface area is 80.3 Å². The van der Waals surface area contributed by atoms with Crippen molar-refractivity contribution < 1.29 is 9.53 Å². The first-order valence-corrected chi connectivity index (χ1v) is 4.54. The van der Waals surface area contributed by atoms with Gasteiger partial charge in [0.2, 0.25) is 0 Å². The van der Waals surface area contributed by atoms with Gasteiger partial charge in [-0.3, -0.25) is 0 Å². The molecule has 0 saturated heterocycles. The molecule has 2 nitrogen and oxygen atoms in total. The summed E-state index contributed by atoms with van der Waals surface area (Å²) >= 11 is 0. The summed E-state index contributed by atoms with van der Waals surface area (Å²) in [4.78, 5) is 10.6. The third kappa shape index (κ3) is 8.86. The van der Waals surface area contributed by atoms with Gasteiger partial charge in [-0.15, -0.1) is 0 Å². The monoisotopic (exact) mass is 182 g/mol. The lowest BCUT2D eigenvalue weighted by atomic mass is 10.2. The highest BCUT2D eigenvalue weighted by atomic mass is 16.5. The lowest BCUT2D eigenvalue weighted by Crippen LogP contribution is -1.93. The molecule has 13 heavy (non-hydrogen) atoms. The third-order valence-corrected chi connectivity index (χ3v) is 1.58. The number of carbonyl (C=O) groups excluding carboxylic acids is 1. The summed E-state index contributed by atoms with van der Waals surface area (Å²) in [6.45, 7) is 4.18. The van der Waals surface area contributed by atoms with Crippen LogP contribution >= 0.6 is 0 Å². The molecule has 0 radical (unpaired) electrons. The molecule has 2 heteroatoms. The smallest absolute Gasteiger partial charge is 0.330 e. The summed E-state index contributed by atoms with van der Waals surface area (Å²) in [5.74, 6) is -0.276. The van der Waals surface area contributed by atoms with Crippen molar-refractivity contribution in [1.29, 1.82) is 0 Å². The fourth-order valence-corrected chi connectivity index (χ4v) is 0.874. The van der Waals surface area contributed by atoms with E-state index in [4.69, 9.17) is 0 Å². The van der Waals surface area contributed by atoms with Crippen molar-refractivity contribution in [3.05, 3.63) is 23.8 Å². The molecule has 0 bridgehead atoms. The van der Waals surface area contributed by atoms with Gasteiger partial charge in [0.15, 0.2) is 0 Å². The second-order valence-electron chi connectivity index (χ2n) is 3.14. The number of ether oxygens (including phenoxy) is 1. The minimum atomic E-state index is -0.276. The predicted molar refractivity (Wildman–Crippen MR) is 54.4 cm³/mol. The van der Waals surface area contributed by atoms with Gasteiger partial charge in [0.25, 0.3) is 0 Å². The van der Waals surface area contributed by atoms with Gasteiger partial charge in [-0.25, -0.2) is 4.79 Å². The van der Waals surface area contributed by atoms with Crippen LogP contribution in [0.25, 0.3) is 0 Å². The summed E-state index contributed by atoms with van der Waals surface area (Å²) < 4.78 is 4.46. The second-order valence-corrected chi connectivity index (χ2v) is 3.14. The first kappa shape index (κ1) is 11.9. The van der Waals surface area contributed by atoms with Crippen LogP contribution < -0.4 is 0 Å². The van der Waals surface area contributed by atoms with E-state index in [1.54, 1.807) is 0 Å². The Morgan fingerprint density at radius 3 is 2.54 bits per heavy atom. The second kappa shape index (κ2) is 7.59. The molecule has 0 atom stereocenters. The van der Waals surface area contributed by atoms with Gasteiger partial charge in [0.1, 0.15) is 0 Å². The molecule has 74 valence electrons. The zero-order valence-corrected chi connectivity index (χ0v) is 8.67. The van der Waals surface area contributed by atoms with Crippen molar-refractivity contribution in [3.8, 4) is 0 Å². The molecule has 0 spiro atoms. The van der Waals surface area contributed by atoms with Crippen LogP contribution in [0.3, 0.4) is 0 Å². The third-order valence-electron chi connectivity index (χ3n) is 1.58. The first-order valence-electron chi connectivity index (χ1n) is 4.54. The van der Waals surface area contributed by atoms with Gasteiger partial charge in [-0.2, -0.15) is 0 Å². The van der Waals surface area contributed by atoms with E-state index in [-0.39, 0.29) is 5.97 Å². The highest BCUT2D eigenvalue weighted by Gasteiger charge is 1.88. The Bertz CT molecular complexity index is 198. The Kier molecular flexibility index (Phi) is 6.98. The standard InChI is InChI=1S/C11H18O2/c1-10(2)8-6-4-5-7-9-11(12)13-3/h7-9H,4-6H2,1-3H3/b9-7-. The van der Waals surface area contributed by atoms with Crippen LogP contribution in [0.1, 0.15) is 33.1 Å². The van der Waals surface area contributed by atoms with Crippen LogP contribution in [0.2, 0.25) is 0 Å². The minimum Gasteiger partial charge on any atom is -0.466 e. The van der Waals surface area contributed by atoms with Crippen LogP contribution in [0, 0.1) is 0 Å². The van der Waals surface area contributed by atoms with Gasteiger partial charge in [0.05, 0.1) is 7.11 Å². The average molecular weight is 182 g/mol. The van der Waals surface area contributed by atoms with E-state index >= 15 is 0 Å². The van der Waals surface area contributed by atoms with E-state index in [9.17, 15) is 4.79 Å². The molecule has 0 aliphatic heterocycles. The van der Waals surface area contributed by atoms with Crippen LogP contribution in [-0.2, 0) is 9.53 Å². The van der Waals surface area contributed by atoms with Crippen molar-refractivity contribution in [1.82, 2.24) is 0 Å². The average Bonchev–Trinajstić information content (AvgIpc) is 2.10. The van der Waals surface area contributed by atoms with Crippen LogP contribution in [-0.4, -0.2) is 13.1 Å². The zero-order valence-electron chi connectivity index (χ0n) is 8.67. The molecular weight excluding hydrogens is 164 g/mol. The molecule has 0 aliphatic rings. The maximum absolute atomic E-state index is 10.6. The number of unbranched alkanes of at least 4 members (excludes halogenated alkanes) is 2. The van der Waals surface area contributed by atoms with Crippen molar-refractivity contribution in [3.63, 3.8) is 0 Å². The number of esters is 1. The molecule has 0 unspecified atom stereocenters. The molecule has 0 heterocycles. The van der Waals surface area contributed by atoms with Crippen LogP contribution in [0.4, 0.5) is 0 Å². The highest BCUT2D eigenvalue weighted by Crippen LogP contribution is 2.01. The summed E-state index contributed by atoms with van der Waals surface area (Å²) in [6, 6.07) is 0. The number of hydrogen-bond acceptors (Lipinski definition) is 2. The molecule has 0 amide bonds. The Hall–Kier alpha value is -1.05. The molecule has 0 N–H and O–H groups in total. The molecule has 0 rings (SSSR count). The SMILES string of the molecule is COC(=O)/C=C\CCCC=C(C)C. The largest absolute Gasteiger partial charge is 0.466 e. The summed E-state index contributed by atoms with van der Waals surface area (Å²) in [7, 11) is 1.38. The first-order chi connectivity index (χ1) is 6.16. The lowest BCUT2D eigenvalue weighted by molar-refractivity contribution is -0.134. The summed E-state index contributed by atoms with van der Waals surface area (Å²) in [5.41, 5.74) is 1.34. The highest BCUT2D eigenvalue weighted by molar-refractivity contribution is 5.81. The molecular formula is C11H18O2. The van der Waals surface area contributed by atoms with Gasteiger partial charge in [-0.1, -0.05) is 17.7 Å². The van der Waals surface area contributed by atoms with Crippen molar-refractivity contribution in [2.45, 2.75) is 33.1 Å². The lowest BCUT2D eigenvalue weighted by Gasteiger charge is -1.92. The minimum absolute atomic E-state index is 0.276. The molecule has 0 aromatic rings. The topological polar surface area (TPSA) is 26.3 Å². The number of methoxy groups -OCH3 is 1. The van der Waals surface area contributed by atoms with Crippen molar-refractivity contribution in [2.24, 2.45) is 0 Å². The van der Waals surface area contributed by atoms with E-state index in [0.29, 0.717) is 0 Å². The van der Waals surface area contributed by atoms with Crippen molar-refractivity contribution in [2.75, 3.05) is 7.11 Å². The summed E-state index contributed by atoms with van der Waals surface area (Å²) in [6.07, 6.45) is 8.62. The van der Waals surface area contributed by atoms with E-state index in [0.717, 1.165) is 19.3 Å². The number of hydrogen-bond donors (Lipinski definition) is 0. The Morgan fingerprint density at radius 2 is 2.00 bits per heavy atom. The van der Waals surface area contributed by atoms with Crippen LogP contribution in [0.5, 0.6) is 0 Å². The molecule has 0 saturated carbocycles. The normalized spacial score (nSPS) is 10.1.